The molecule has 19 heavy (non-hydrogen) atoms. The second kappa shape index (κ2) is 5.51. The Morgan fingerprint density at radius 2 is 1.95 bits per heavy atom. The summed E-state index contributed by atoms with van der Waals surface area (Å²) in [4.78, 5) is 13.2. The van der Waals surface area contributed by atoms with Crippen molar-refractivity contribution in [2.45, 2.75) is 4.90 Å². The lowest BCUT2D eigenvalue weighted by molar-refractivity contribution is 0.600. The number of sulfonamides is 1. The molecule has 0 saturated heterocycles. The minimum atomic E-state index is -3.77. The van der Waals surface area contributed by atoms with Gasteiger partial charge in [-0.15, -0.1) is 0 Å². The summed E-state index contributed by atoms with van der Waals surface area (Å²) in [7, 11) is -3.77. The maximum atomic E-state index is 12.1. The normalized spacial score (nSPS) is 11.3. The first-order chi connectivity index (χ1) is 8.88. The molecule has 0 spiro atoms. The van der Waals surface area contributed by atoms with Crippen molar-refractivity contribution in [3.63, 3.8) is 0 Å². The van der Waals surface area contributed by atoms with Gasteiger partial charge in [-0.2, -0.15) is 0 Å². The van der Waals surface area contributed by atoms with E-state index in [9.17, 15) is 13.2 Å². The second-order valence-electron chi connectivity index (χ2n) is 3.62. The summed E-state index contributed by atoms with van der Waals surface area (Å²) in [5, 5.41) is 0.305. The van der Waals surface area contributed by atoms with Crippen molar-refractivity contribution in [3.05, 3.63) is 55.5 Å². The molecule has 0 aliphatic heterocycles. The van der Waals surface area contributed by atoms with Gasteiger partial charge >= 0.3 is 0 Å². The quantitative estimate of drug-likeness (QED) is 0.763. The topological polar surface area (TPSA) is 79.0 Å². The number of anilines is 1. The van der Waals surface area contributed by atoms with E-state index in [-0.39, 0.29) is 16.1 Å². The van der Waals surface area contributed by atoms with Crippen LogP contribution in [0.1, 0.15) is 0 Å². The van der Waals surface area contributed by atoms with Crippen molar-refractivity contribution < 1.29 is 8.42 Å². The molecular weight excluding hydrogens is 403 g/mol. The van der Waals surface area contributed by atoms with Gasteiger partial charge in [-0.1, -0.05) is 11.6 Å². The molecule has 1 aromatic carbocycles. The fourth-order valence-corrected chi connectivity index (χ4v) is 3.35. The molecule has 2 N–H and O–H groups in total. The molecule has 0 aliphatic rings. The van der Waals surface area contributed by atoms with Crippen LogP contribution in [0, 0.1) is 3.57 Å². The molecule has 0 unspecified atom stereocenters. The highest BCUT2D eigenvalue weighted by molar-refractivity contribution is 14.1. The van der Waals surface area contributed by atoms with Crippen LogP contribution in [0.15, 0.2) is 46.2 Å². The van der Waals surface area contributed by atoms with Crippen molar-refractivity contribution >= 4 is 49.9 Å². The average molecular weight is 411 g/mol. The molecule has 0 saturated carbocycles. The molecule has 0 atom stereocenters. The third-order valence-electron chi connectivity index (χ3n) is 2.24. The highest BCUT2D eigenvalue weighted by atomic mass is 127. The molecule has 0 bridgehead atoms. The summed E-state index contributed by atoms with van der Waals surface area (Å²) < 4.78 is 27.4. The molecule has 0 radical (unpaired) electrons. The largest absolute Gasteiger partial charge is 0.328 e. The number of aromatic amines is 1. The molecule has 0 fully saturated rings. The zero-order valence-electron chi connectivity index (χ0n) is 9.35. The van der Waals surface area contributed by atoms with E-state index in [4.69, 9.17) is 11.6 Å². The SMILES string of the molecule is O=c1ccc(S(=O)(=O)Nc2ccc(I)cc2Cl)c[nH]1. The minimum Gasteiger partial charge on any atom is -0.328 e. The van der Waals surface area contributed by atoms with Crippen LogP contribution in [0.5, 0.6) is 0 Å². The van der Waals surface area contributed by atoms with Crippen molar-refractivity contribution in [1.29, 1.82) is 0 Å². The van der Waals surface area contributed by atoms with E-state index in [0.29, 0.717) is 5.02 Å². The number of nitrogens with one attached hydrogen (secondary N) is 2. The second-order valence-corrected chi connectivity index (χ2v) is 6.95. The van der Waals surface area contributed by atoms with E-state index in [1.807, 2.05) is 0 Å². The highest BCUT2D eigenvalue weighted by Crippen LogP contribution is 2.26. The van der Waals surface area contributed by atoms with Crippen LogP contribution in [0.2, 0.25) is 5.02 Å². The van der Waals surface area contributed by atoms with Gasteiger partial charge in [0.05, 0.1) is 10.7 Å². The number of rotatable bonds is 3. The molecule has 2 rings (SSSR count). The number of pyridine rings is 1. The Bertz CT molecular complexity index is 753. The number of H-pyrrole nitrogens is 1. The first-order valence-electron chi connectivity index (χ1n) is 5.05. The number of halogens is 2. The first kappa shape index (κ1) is 14.4. The van der Waals surface area contributed by atoms with E-state index in [1.165, 1.54) is 6.07 Å². The van der Waals surface area contributed by atoms with Crippen LogP contribution >= 0.6 is 34.2 Å². The third kappa shape index (κ3) is 3.48. The van der Waals surface area contributed by atoms with Gasteiger partial charge in [0.15, 0.2) is 0 Å². The zero-order valence-corrected chi connectivity index (χ0v) is 13.1. The molecular formula is C11H8ClIN2O3S. The Kier molecular flexibility index (Phi) is 4.16. The Balaban J connectivity index is 2.36. The third-order valence-corrected chi connectivity index (χ3v) is 4.59. The summed E-state index contributed by atoms with van der Waals surface area (Å²) in [6, 6.07) is 7.32. The molecule has 0 amide bonds. The van der Waals surface area contributed by atoms with Crippen molar-refractivity contribution in [2.75, 3.05) is 4.72 Å². The standard InChI is InChI=1S/C11H8ClIN2O3S/c12-9-5-7(13)1-3-10(9)15-19(17,18)8-2-4-11(16)14-6-8/h1-6,15H,(H,14,16). The smallest absolute Gasteiger partial charge is 0.263 e. The van der Waals surface area contributed by atoms with Gasteiger partial charge < -0.3 is 4.98 Å². The van der Waals surface area contributed by atoms with Gasteiger partial charge in [0.2, 0.25) is 5.56 Å². The molecule has 0 aliphatic carbocycles. The molecule has 1 heterocycles. The van der Waals surface area contributed by atoms with E-state index >= 15 is 0 Å². The Hall–Kier alpha value is -1.06. The predicted molar refractivity (Wildman–Crippen MR) is 82.0 cm³/mol. The van der Waals surface area contributed by atoms with E-state index in [0.717, 1.165) is 15.8 Å². The molecule has 8 heteroatoms. The van der Waals surface area contributed by atoms with Crippen LogP contribution in [-0.2, 0) is 10.0 Å². The minimum absolute atomic E-state index is 0.0401. The summed E-state index contributed by atoms with van der Waals surface area (Å²) in [6.45, 7) is 0. The van der Waals surface area contributed by atoms with Crippen molar-refractivity contribution in [1.82, 2.24) is 4.98 Å². The lowest BCUT2D eigenvalue weighted by Gasteiger charge is -2.09. The molecule has 1 aromatic heterocycles. The summed E-state index contributed by atoms with van der Waals surface area (Å²) in [5.41, 5.74) is -0.0838. The Morgan fingerprint density at radius 3 is 2.53 bits per heavy atom. The van der Waals surface area contributed by atoms with E-state index < -0.39 is 10.0 Å². The summed E-state index contributed by atoms with van der Waals surface area (Å²) in [6.07, 6.45) is 1.13. The first-order valence-corrected chi connectivity index (χ1v) is 7.99. The lowest BCUT2D eigenvalue weighted by Crippen LogP contribution is -2.15. The van der Waals surface area contributed by atoms with Gasteiger partial charge in [-0.3, -0.25) is 9.52 Å². The zero-order chi connectivity index (χ0) is 14.0. The van der Waals surface area contributed by atoms with Gasteiger partial charge in [0.25, 0.3) is 10.0 Å². The molecule has 2 aromatic rings. The number of aromatic nitrogens is 1. The fourth-order valence-electron chi connectivity index (χ4n) is 1.34. The number of benzene rings is 1. The number of hydrogen-bond donors (Lipinski definition) is 2. The van der Waals surface area contributed by atoms with Gasteiger partial charge in [0.1, 0.15) is 4.90 Å². The molecule has 5 nitrogen and oxygen atoms in total. The maximum absolute atomic E-state index is 12.1. The van der Waals surface area contributed by atoms with Gasteiger partial charge in [-0.25, -0.2) is 8.42 Å². The monoisotopic (exact) mass is 410 g/mol. The summed E-state index contributed by atoms with van der Waals surface area (Å²) in [5.74, 6) is 0. The Morgan fingerprint density at radius 1 is 1.21 bits per heavy atom. The maximum Gasteiger partial charge on any atom is 0.263 e. The van der Waals surface area contributed by atoms with Gasteiger partial charge in [-0.05, 0) is 46.9 Å². The van der Waals surface area contributed by atoms with Crippen LogP contribution in [0.25, 0.3) is 0 Å². The summed E-state index contributed by atoms with van der Waals surface area (Å²) >= 11 is 8.03. The van der Waals surface area contributed by atoms with Crippen LogP contribution < -0.4 is 10.3 Å². The fraction of sp³-hybridized carbons (Fsp3) is 0. The van der Waals surface area contributed by atoms with Crippen molar-refractivity contribution in [2.24, 2.45) is 0 Å². The lowest BCUT2D eigenvalue weighted by atomic mass is 10.3. The van der Waals surface area contributed by atoms with Gasteiger partial charge in [0, 0.05) is 15.8 Å². The van der Waals surface area contributed by atoms with Crippen molar-refractivity contribution in [3.8, 4) is 0 Å². The van der Waals surface area contributed by atoms with Crippen LogP contribution in [0.3, 0.4) is 0 Å². The number of hydrogen-bond acceptors (Lipinski definition) is 3. The Labute approximate surface area is 128 Å². The van der Waals surface area contributed by atoms with E-state index in [2.05, 4.69) is 32.3 Å². The van der Waals surface area contributed by atoms with Crippen LogP contribution in [-0.4, -0.2) is 13.4 Å². The molecule has 100 valence electrons. The van der Waals surface area contributed by atoms with Crippen LogP contribution in [0.4, 0.5) is 5.69 Å². The highest BCUT2D eigenvalue weighted by Gasteiger charge is 2.15. The average Bonchev–Trinajstić information content (AvgIpc) is 2.33. The van der Waals surface area contributed by atoms with E-state index in [1.54, 1.807) is 18.2 Å². The predicted octanol–water partition coefficient (Wildman–Crippen LogP) is 2.43.